The van der Waals surface area contributed by atoms with Gasteiger partial charge in [0.1, 0.15) is 11.6 Å². The maximum Gasteiger partial charge on any atom is 0.387 e. The van der Waals surface area contributed by atoms with Crippen LogP contribution in [-0.2, 0) is 4.74 Å². The maximum absolute atomic E-state index is 12.7. The molecule has 0 amide bonds. The van der Waals surface area contributed by atoms with Crippen LogP contribution in [-0.4, -0.2) is 71.4 Å². The molecule has 5 rings (SSSR count). The Morgan fingerprint density at radius 1 is 1.19 bits per heavy atom. The largest absolute Gasteiger partial charge is 0.431 e. The van der Waals surface area contributed by atoms with Gasteiger partial charge in [-0.2, -0.15) is 8.78 Å². The summed E-state index contributed by atoms with van der Waals surface area (Å²) in [6.07, 6.45) is 3.66. The Labute approximate surface area is 179 Å². The van der Waals surface area contributed by atoms with Gasteiger partial charge < -0.3 is 20.1 Å². The molecule has 2 aromatic heterocycles. The summed E-state index contributed by atoms with van der Waals surface area (Å²) in [6.45, 7) is 3.54. The number of nitrogen functional groups attached to an aromatic ring is 1. The topological polar surface area (TPSA) is 89.6 Å². The fourth-order valence-electron chi connectivity index (χ4n) is 4.21. The van der Waals surface area contributed by atoms with E-state index in [1.807, 2.05) is 6.07 Å². The fourth-order valence-corrected chi connectivity index (χ4v) is 4.21. The molecule has 1 aliphatic carbocycles. The lowest BCUT2D eigenvalue weighted by atomic mass is 10.1. The summed E-state index contributed by atoms with van der Waals surface area (Å²) in [6, 6.07) is 4.26. The molecule has 0 radical (unpaired) electrons. The molecule has 1 saturated carbocycles. The van der Waals surface area contributed by atoms with Crippen LogP contribution in [0.3, 0.4) is 0 Å². The van der Waals surface area contributed by atoms with Crippen LogP contribution in [0.15, 0.2) is 18.3 Å². The van der Waals surface area contributed by atoms with E-state index >= 15 is 0 Å². The lowest BCUT2D eigenvalue weighted by molar-refractivity contribution is -0.0793. The molecule has 0 spiro atoms. The number of aromatic nitrogens is 3. The maximum atomic E-state index is 12.7. The number of halogens is 2. The lowest BCUT2D eigenvalue weighted by Crippen LogP contribution is -2.60. The quantitative estimate of drug-likeness (QED) is 0.745. The molecule has 0 aromatic carbocycles. The molecule has 1 atom stereocenters. The van der Waals surface area contributed by atoms with Crippen molar-refractivity contribution < 1.29 is 18.3 Å². The van der Waals surface area contributed by atoms with Gasteiger partial charge >= 0.3 is 6.61 Å². The molecule has 166 valence electrons. The zero-order chi connectivity index (χ0) is 21.5. The van der Waals surface area contributed by atoms with Crippen molar-refractivity contribution in [2.24, 2.45) is 0 Å². The van der Waals surface area contributed by atoms with Gasteiger partial charge in [-0.15, -0.1) is 0 Å². The number of piperazine rings is 1. The summed E-state index contributed by atoms with van der Waals surface area (Å²) in [5, 5.41) is 0. The highest BCUT2D eigenvalue weighted by atomic mass is 19.3. The monoisotopic (exact) mass is 432 g/mol. The van der Waals surface area contributed by atoms with E-state index in [9.17, 15) is 8.78 Å². The second-order valence-corrected chi connectivity index (χ2v) is 8.45. The molecule has 10 heteroatoms. The molecular weight excluding hydrogens is 406 g/mol. The van der Waals surface area contributed by atoms with Crippen LogP contribution in [0.4, 0.5) is 20.4 Å². The Balaban J connectivity index is 1.43. The van der Waals surface area contributed by atoms with Gasteiger partial charge in [-0.05, 0) is 25.8 Å². The normalized spacial score (nSPS) is 22.6. The van der Waals surface area contributed by atoms with E-state index in [0.717, 1.165) is 57.3 Å². The standard InChI is InChI=1S/C21H26F2N6O2/c1-12-9-28(4-5-29(12)15-10-30-11-15)18-7-16(26-20(27-18)13-2-3-13)14-6-17(31-21(22)23)19(24)25-8-14/h6-8,12-13,15,21H,2-5,9-11H2,1H3,(H2,24,25). The summed E-state index contributed by atoms with van der Waals surface area (Å²) in [7, 11) is 0. The highest BCUT2D eigenvalue weighted by Crippen LogP contribution is 2.40. The van der Waals surface area contributed by atoms with E-state index in [4.69, 9.17) is 20.4 Å². The molecule has 3 fully saturated rings. The van der Waals surface area contributed by atoms with E-state index in [0.29, 0.717) is 29.3 Å². The minimum atomic E-state index is -2.97. The Kier molecular flexibility index (Phi) is 5.35. The van der Waals surface area contributed by atoms with Crippen molar-refractivity contribution in [1.29, 1.82) is 0 Å². The molecule has 1 unspecified atom stereocenters. The van der Waals surface area contributed by atoms with Crippen LogP contribution in [0.1, 0.15) is 31.5 Å². The van der Waals surface area contributed by atoms with E-state index in [1.54, 1.807) is 0 Å². The first-order valence-corrected chi connectivity index (χ1v) is 10.7. The average molecular weight is 432 g/mol. The van der Waals surface area contributed by atoms with Crippen molar-refractivity contribution in [3.63, 3.8) is 0 Å². The van der Waals surface area contributed by atoms with Crippen molar-refractivity contribution in [2.45, 2.75) is 44.4 Å². The first-order valence-electron chi connectivity index (χ1n) is 10.7. The van der Waals surface area contributed by atoms with E-state index in [1.165, 1.54) is 12.3 Å². The van der Waals surface area contributed by atoms with Crippen LogP contribution < -0.4 is 15.4 Å². The molecule has 2 N–H and O–H groups in total. The second kappa shape index (κ2) is 8.16. The minimum absolute atomic E-state index is 0.0781. The molecule has 4 heterocycles. The van der Waals surface area contributed by atoms with Crippen LogP contribution in [0.5, 0.6) is 5.75 Å². The summed E-state index contributed by atoms with van der Waals surface area (Å²) >= 11 is 0. The molecular formula is C21H26F2N6O2. The summed E-state index contributed by atoms with van der Waals surface area (Å²) in [4.78, 5) is 18.4. The number of pyridine rings is 1. The average Bonchev–Trinajstić information content (AvgIpc) is 3.54. The molecule has 8 nitrogen and oxygen atoms in total. The SMILES string of the molecule is CC1CN(c2cc(-c3cnc(N)c(OC(F)F)c3)nc(C3CC3)n2)CCN1C1COC1. The predicted octanol–water partition coefficient (Wildman–Crippen LogP) is 2.51. The van der Waals surface area contributed by atoms with Crippen LogP contribution in [0.25, 0.3) is 11.3 Å². The number of rotatable bonds is 6. The molecule has 2 aliphatic heterocycles. The van der Waals surface area contributed by atoms with Crippen molar-refractivity contribution in [1.82, 2.24) is 19.9 Å². The molecule has 3 aliphatic rings. The zero-order valence-electron chi connectivity index (χ0n) is 17.4. The molecule has 31 heavy (non-hydrogen) atoms. The van der Waals surface area contributed by atoms with Crippen molar-refractivity contribution in [2.75, 3.05) is 43.5 Å². The zero-order valence-corrected chi connectivity index (χ0v) is 17.4. The van der Waals surface area contributed by atoms with Crippen LogP contribution in [0, 0.1) is 0 Å². The van der Waals surface area contributed by atoms with E-state index in [-0.39, 0.29) is 11.6 Å². The third kappa shape index (κ3) is 4.27. The first-order chi connectivity index (χ1) is 15.0. The summed E-state index contributed by atoms with van der Waals surface area (Å²) in [5.41, 5.74) is 6.91. The molecule has 2 saturated heterocycles. The second-order valence-electron chi connectivity index (χ2n) is 8.45. The van der Waals surface area contributed by atoms with Crippen molar-refractivity contribution in [3.05, 3.63) is 24.2 Å². The van der Waals surface area contributed by atoms with Gasteiger partial charge in [0.15, 0.2) is 11.6 Å². The number of nitrogens with zero attached hydrogens (tertiary/aromatic N) is 5. The summed E-state index contributed by atoms with van der Waals surface area (Å²) in [5.74, 6) is 1.78. The number of anilines is 2. The Morgan fingerprint density at radius 3 is 2.65 bits per heavy atom. The number of hydrogen-bond donors (Lipinski definition) is 1. The molecule has 2 aromatic rings. The fraction of sp³-hybridized carbons (Fsp3) is 0.571. The van der Waals surface area contributed by atoms with Crippen LogP contribution in [0.2, 0.25) is 0 Å². The lowest BCUT2D eigenvalue weighted by Gasteiger charge is -2.47. The number of hydrogen-bond acceptors (Lipinski definition) is 8. The van der Waals surface area contributed by atoms with Gasteiger partial charge in [-0.1, -0.05) is 0 Å². The summed E-state index contributed by atoms with van der Waals surface area (Å²) < 4.78 is 35.3. The van der Waals surface area contributed by atoms with Gasteiger partial charge in [0.25, 0.3) is 0 Å². The third-order valence-corrected chi connectivity index (χ3v) is 6.16. The van der Waals surface area contributed by atoms with Gasteiger partial charge in [-0.3, -0.25) is 4.90 Å². The Morgan fingerprint density at radius 2 is 2.00 bits per heavy atom. The van der Waals surface area contributed by atoms with Gasteiger partial charge in [0.05, 0.1) is 24.9 Å². The number of ether oxygens (including phenoxy) is 2. The van der Waals surface area contributed by atoms with Crippen LogP contribution >= 0.6 is 0 Å². The van der Waals surface area contributed by atoms with E-state index in [2.05, 4.69) is 26.4 Å². The predicted molar refractivity (Wildman–Crippen MR) is 111 cm³/mol. The highest BCUT2D eigenvalue weighted by molar-refractivity contribution is 5.66. The number of nitrogens with two attached hydrogens (primary N) is 1. The number of alkyl halides is 2. The first kappa shape index (κ1) is 20.3. The van der Waals surface area contributed by atoms with Gasteiger partial charge in [0, 0.05) is 49.4 Å². The van der Waals surface area contributed by atoms with E-state index < -0.39 is 6.61 Å². The Bertz CT molecular complexity index is 953. The van der Waals surface area contributed by atoms with Crippen molar-refractivity contribution >= 4 is 11.6 Å². The highest BCUT2D eigenvalue weighted by Gasteiger charge is 2.34. The van der Waals surface area contributed by atoms with Crippen molar-refractivity contribution in [3.8, 4) is 17.0 Å². The minimum Gasteiger partial charge on any atom is -0.431 e. The third-order valence-electron chi connectivity index (χ3n) is 6.16. The Hall–Kier alpha value is -2.59. The van der Waals surface area contributed by atoms with Gasteiger partial charge in [0.2, 0.25) is 0 Å². The smallest absolute Gasteiger partial charge is 0.387 e. The van der Waals surface area contributed by atoms with Gasteiger partial charge in [-0.25, -0.2) is 15.0 Å². The molecule has 0 bridgehead atoms.